The summed E-state index contributed by atoms with van der Waals surface area (Å²) in [6.45, 7) is 2.57. The quantitative estimate of drug-likeness (QED) is 0.653. The monoisotopic (exact) mass is 320 g/mol. The molecule has 3 nitrogen and oxygen atoms in total. The number of hydrogen-bond donors (Lipinski definition) is 2. The highest BCUT2D eigenvalue weighted by atomic mass is 35.5. The van der Waals surface area contributed by atoms with E-state index in [9.17, 15) is 4.79 Å². The SMILES string of the molecule is Cc1ccc(CNC(=O)CSc2cc(N)ccc2Cl)cc1. The fourth-order valence-electron chi connectivity index (χ4n) is 1.73. The fourth-order valence-corrected chi connectivity index (χ4v) is 2.83. The van der Waals surface area contributed by atoms with E-state index in [2.05, 4.69) is 5.32 Å². The van der Waals surface area contributed by atoms with Gasteiger partial charge in [0.25, 0.3) is 0 Å². The van der Waals surface area contributed by atoms with E-state index in [1.165, 1.54) is 17.3 Å². The molecule has 0 aliphatic rings. The van der Waals surface area contributed by atoms with Crippen LogP contribution in [0.2, 0.25) is 5.02 Å². The van der Waals surface area contributed by atoms with Gasteiger partial charge in [-0.05, 0) is 30.7 Å². The van der Waals surface area contributed by atoms with E-state index >= 15 is 0 Å². The summed E-state index contributed by atoms with van der Waals surface area (Å²) in [5, 5.41) is 3.50. The molecule has 0 atom stereocenters. The molecule has 2 aromatic carbocycles. The highest BCUT2D eigenvalue weighted by Gasteiger charge is 2.06. The van der Waals surface area contributed by atoms with Crippen LogP contribution in [0.5, 0.6) is 0 Å². The maximum atomic E-state index is 11.8. The minimum absolute atomic E-state index is 0.0286. The number of carbonyl (C=O) groups excluding carboxylic acids is 1. The third-order valence-electron chi connectivity index (χ3n) is 2.92. The third kappa shape index (κ3) is 4.99. The topological polar surface area (TPSA) is 55.1 Å². The van der Waals surface area contributed by atoms with Gasteiger partial charge in [-0.2, -0.15) is 0 Å². The summed E-state index contributed by atoms with van der Waals surface area (Å²) < 4.78 is 0. The number of anilines is 1. The zero-order valence-corrected chi connectivity index (χ0v) is 13.3. The van der Waals surface area contributed by atoms with Crippen molar-refractivity contribution in [2.45, 2.75) is 18.4 Å². The molecular weight excluding hydrogens is 304 g/mol. The molecular formula is C16H17ClN2OS. The molecule has 0 aromatic heterocycles. The van der Waals surface area contributed by atoms with Crippen molar-refractivity contribution in [3.05, 3.63) is 58.6 Å². The van der Waals surface area contributed by atoms with E-state index in [1.807, 2.05) is 31.2 Å². The van der Waals surface area contributed by atoms with Gasteiger partial charge in [-0.25, -0.2) is 0 Å². The average Bonchev–Trinajstić information content (AvgIpc) is 2.47. The molecule has 2 aromatic rings. The molecule has 110 valence electrons. The van der Waals surface area contributed by atoms with E-state index in [1.54, 1.807) is 18.2 Å². The first kappa shape index (κ1) is 15.7. The third-order valence-corrected chi connectivity index (χ3v) is 4.42. The number of aryl methyl sites for hydroxylation is 1. The molecule has 0 bridgehead atoms. The van der Waals surface area contributed by atoms with Crippen molar-refractivity contribution in [3.8, 4) is 0 Å². The van der Waals surface area contributed by atoms with Gasteiger partial charge in [-0.1, -0.05) is 41.4 Å². The van der Waals surface area contributed by atoms with Gasteiger partial charge in [0.05, 0.1) is 10.8 Å². The zero-order chi connectivity index (χ0) is 15.2. The number of thioether (sulfide) groups is 1. The Bertz CT molecular complexity index is 629. The molecule has 3 N–H and O–H groups in total. The molecule has 0 unspecified atom stereocenters. The van der Waals surface area contributed by atoms with Crippen LogP contribution in [0, 0.1) is 6.92 Å². The van der Waals surface area contributed by atoms with Crippen molar-refractivity contribution in [1.82, 2.24) is 5.32 Å². The van der Waals surface area contributed by atoms with Crippen molar-refractivity contribution >= 4 is 35.0 Å². The zero-order valence-electron chi connectivity index (χ0n) is 11.7. The summed E-state index contributed by atoms with van der Waals surface area (Å²) in [5.74, 6) is 0.286. The van der Waals surface area contributed by atoms with E-state index < -0.39 is 0 Å². The Hall–Kier alpha value is -1.65. The lowest BCUT2D eigenvalue weighted by atomic mass is 10.1. The lowest BCUT2D eigenvalue weighted by Gasteiger charge is -2.07. The Kier molecular flexibility index (Phi) is 5.53. The summed E-state index contributed by atoms with van der Waals surface area (Å²) in [7, 11) is 0. The van der Waals surface area contributed by atoms with Crippen LogP contribution in [0.3, 0.4) is 0 Å². The Morgan fingerprint density at radius 1 is 1.24 bits per heavy atom. The number of nitrogens with one attached hydrogen (secondary N) is 1. The van der Waals surface area contributed by atoms with Crippen LogP contribution >= 0.6 is 23.4 Å². The lowest BCUT2D eigenvalue weighted by molar-refractivity contribution is -0.118. The Labute approximate surface area is 133 Å². The Morgan fingerprint density at radius 2 is 1.95 bits per heavy atom. The molecule has 0 aliphatic carbocycles. The number of nitrogens with two attached hydrogens (primary N) is 1. The van der Waals surface area contributed by atoms with Crippen molar-refractivity contribution in [1.29, 1.82) is 0 Å². The van der Waals surface area contributed by atoms with Gasteiger partial charge in [0.2, 0.25) is 5.91 Å². The summed E-state index contributed by atoms with van der Waals surface area (Å²) in [6, 6.07) is 13.3. The Balaban J connectivity index is 1.82. The molecule has 0 radical (unpaired) electrons. The van der Waals surface area contributed by atoms with Crippen LogP contribution in [-0.2, 0) is 11.3 Å². The predicted octanol–water partition coefficient (Wildman–Crippen LogP) is 3.64. The summed E-state index contributed by atoms with van der Waals surface area (Å²) in [5.41, 5.74) is 8.64. The second kappa shape index (κ2) is 7.38. The second-order valence-electron chi connectivity index (χ2n) is 4.74. The molecule has 5 heteroatoms. The first-order chi connectivity index (χ1) is 10.0. The maximum absolute atomic E-state index is 11.8. The number of halogens is 1. The van der Waals surface area contributed by atoms with Gasteiger partial charge < -0.3 is 11.1 Å². The van der Waals surface area contributed by atoms with Gasteiger partial charge in [0.1, 0.15) is 0 Å². The Morgan fingerprint density at radius 3 is 2.67 bits per heavy atom. The predicted molar refractivity (Wildman–Crippen MR) is 89.6 cm³/mol. The molecule has 0 spiro atoms. The molecule has 0 saturated heterocycles. The standard InChI is InChI=1S/C16H17ClN2OS/c1-11-2-4-12(5-3-11)9-19-16(20)10-21-15-8-13(18)6-7-14(15)17/h2-8H,9-10,18H2,1H3,(H,19,20). The van der Waals surface area contributed by atoms with E-state index in [4.69, 9.17) is 17.3 Å². The number of amides is 1. The molecule has 21 heavy (non-hydrogen) atoms. The van der Waals surface area contributed by atoms with Crippen molar-refractivity contribution in [2.75, 3.05) is 11.5 Å². The largest absolute Gasteiger partial charge is 0.399 e. The van der Waals surface area contributed by atoms with Crippen LogP contribution in [0.25, 0.3) is 0 Å². The van der Waals surface area contributed by atoms with E-state index in [0.717, 1.165) is 10.5 Å². The number of carbonyl (C=O) groups is 1. The average molecular weight is 321 g/mol. The lowest BCUT2D eigenvalue weighted by Crippen LogP contribution is -2.24. The van der Waals surface area contributed by atoms with E-state index in [-0.39, 0.29) is 5.91 Å². The number of rotatable bonds is 5. The van der Waals surface area contributed by atoms with E-state index in [0.29, 0.717) is 23.0 Å². The van der Waals surface area contributed by atoms with Crippen LogP contribution < -0.4 is 11.1 Å². The highest BCUT2D eigenvalue weighted by molar-refractivity contribution is 8.00. The summed E-state index contributed by atoms with van der Waals surface area (Å²) in [6.07, 6.45) is 0. The van der Waals surface area contributed by atoms with Crippen LogP contribution in [-0.4, -0.2) is 11.7 Å². The van der Waals surface area contributed by atoms with Gasteiger partial charge in [0, 0.05) is 17.1 Å². The molecule has 1 amide bonds. The summed E-state index contributed by atoms with van der Waals surface area (Å²) in [4.78, 5) is 12.7. The smallest absolute Gasteiger partial charge is 0.230 e. The first-order valence-corrected chi connectivity index (χ1v) is 7.91. The minimum Gasteiger partial charge on any atom is -0.399 e. The number of hydrogen-bond acceptors (Lipinski definition) is 3. The normalized spacial score (nSPS) is 10.4. The van der Waals surface area contributed by atoms with Gasteiger partial charge in [0.15, 0.2) is 0 Å². The fraction of sp³-hybridized carbons (Fsp3) is 0.188. The van der Waals surface area contributed by atoms with Gasteiger partial charge in [-0.3, -0.25) is 4.79 Å². The van der Waals surface area contributed by atoms with Crippen LogP contribution in [0.1, 0.15) is 11.1 Å². The van der Waals surface area contributed by atoms with Crippen LogP contribution in [0.15, 0.2) is 47.4 Å². The maximum Gasteiger partial charge on any atom is 0.230 e. The molecule has 0 aliphatic heterocycles. The van der Waals surface area contributed by atoms with Crippen molar-refractivity contribution < 1.29 is 4.79 Å². The van der Waals surface area contributed by atoms with Crippen molar-refractivity contribution in [2.24, 2.45) is 0 Å². The number of nitrogen functional groups attached to an aromatic ring is 1. The minimum atomic E-state index is -0.0286. The van der Waals surface area contributed by atoms with Crippen molar-refractivity contribution in [3.63, 3.8) is 0 Å². The van der Waals surface area contributed by atoms with Gasteiger partial charge in [-0.15, -0.1) is 11.8 Å². The molecule has 0 heterocycles. The number of benzene rings is 2. The van der Waals surface area contributed by atoms with Crippen LogP contribution in [0.4, 0.5) is 5.69 Å². The highest BCUT2D eigenvalue weighted by Crippen LogP contribution is 2.28. The van der Waals surface area contributed by atoms with Gasteiger partial charge >= 0.3 is 0 Å². The molecule has 2 rings (SSSR count). The molecule has 0 saturated carbocycles. The first-order valence-electron chi connectivity index (χ1n) is 6.54. The second-order valence-corrected chi connectivity index (χ2v) is 6.17. The summed E-state index contributed by atoms with van der Waals surface area (Å²) >= 11 is 7.44. The molecule has 0 fully saturated rings.